The number of hydrogen-bond acceptors (Lipinski definition) is 7. The first kappa shape index (κ1) is 21.7. The third-order valence-electron chi connectivity index (χ3n) is 5.90. The fraction of sp³-hybridized carbons (Fsp3) is 0.0714. The topological polar surface area (TPSA) is 66.6 Å². The zero-order valence-electron chi connectivity index (χ0n) is 18.8. The van der Waals surface area contributed by atoms with Gasteiger partial charge < -0.3 is 14.4 Å². The predicted molar refractivity (Wildman–Crippen MR) is 145 cm³/mol. The summed E-state index contributed by atoms with van der Waals surface area (Å²) in [6.07, 6.45) is 3.80. The van der Waals surface area contributed by atoms with Gasteiger partial charge in [0.05, 0.1) is 26.3 Å². The second-order valence-corrected chi connectivity index (χ2v) is 10.1. The van der Waals surface area contributed by atoms with Crippen LogP contribution in [-0.4, -0.2) is 16.6 Å². The molecule has 3 heterocycles. The van der Waals surface area contributed by atoms with E-state index in [-0.39, 0.29) is 11.3 Å². The minimum Gasteiger partial charge on any atom is -0.506 e. The number of allylic oxidation sites excluding steroid dienone is 2. The Balaban J connectivity index is 1.58. The Labute approximate surface area is 209 Å². The zero-order chi connectivity index (χ0) is 23.9. The molecule has 0 saturated heterocycles. The lowest BCUT2D eigenvalue weighted by molar-refractivity contribution is 0.465. The van der Waals surface area contributed by atoms with Gasteiger partial charge in [-0.15, -0.1) is 11.3 Å². The maximum atomic E-state index is 13.2. The van der Waals surface area contributed by atoms with Crippen molar-refractivity contribution in [2.45, 2.75) is 11.8 Å². The largest absolute Gasteiger partial charge is 0.506 e. The van der Waals surface area contributed by atoms with Crippen LogP contribution < -0.4 is 10.5 Å². The number of aromatic nitrogens is 1. The van der Waals surface area contributed by atoms with Crippen LogP contribution in [0, 0.1) is 0 Å². The molecule has 0 unspecified atom stereocenters. The van der Waals surface area contributed by atoms with Gasteiger partial charge in [0.2, 0.25) is 0 Å². The maximum Gasteiger partial charge on any atom is 0.347 e. The quantitative estimate of drug-likeness (QED) is 0.267. The summed E-state index contributed by atoms with van der Waals surface area (Å²) in [5, 5.41) is 13.4. The van der Waals surface area contributed by atoms with Crippen molar-refractivity contribution in [1.29, 1.82) is 0 Å². The van der Waals surface area contributed by atoms with Crippen molar-refractivity contribution in [3.8, 4) is 5.75 Å². The number of thioether (sulfide) groups is 1. The van der Waals surface area contributed by atoms with Gasteiger partial charge in [0.15, 0.2) is 0 Å². The van der Waals surface area contributed by atoms with Crippen LogP contribution in [0.15, 0.2) is 98.0 Å². The van der Waals surface area contributed by atoms with E-state index in [1.807, 2.05) is 54.6 Å². The summed E-state index contributed by atoms with van der Waals surface area (Å²) in [6, 6.07) is 23.1. The number of benzene rings is 3. The Kier molecular flexibility index (Phi) is 5.43. The highest BCUT2D eigenvalue weighted by Gasteiger charge is 2.25. The number of anilines is 1. The van der Waals surface area contributed by atoms with Crippen LogP contribution in [0.3, 0.4) is 0 Å². The SMILES string of the molecule is CCN1C(=C/C(=C/c2nc3ccccc3s2)c2c(O)c3ccccc3oc2=O)Sc2ccccc21. The molecule has 35 heavy (non-hydrogen) atoms. The number of para-hydroxylation sites is 3. The fourth-order valence-corrected chi connectivity index (χ4v) is 6.38. The molecule has 3 aromatic carbocycles. The van der Waals surface area contributed by atoms with Gasteiger partial charge in [-0.1, -0.05) is 48.2 Å². The summed E-state index contributed by atoms with van der Waals surface area (Å²) in [4.78, 5) is 21.2. The molecule has 1 N–H and O–H groups in total. The molecular weight excluding hydrogens is 476 g/mol. The molecule has 0 amide bonds. The van der Waals surface area contributed by atoms with Gasteiger partial charge in [0.25, 0.3) is 0 Å². The lowest BCUT2D eigenvalue weighted by atomic mass is 10.0. The Morgan fingerprint density at radius 3 is 2.69 bits per heavy atom. The van der Waals surface area contributed by atoms with Crippen LogP contribution >= 0.6 is 23.1 Å². The van der Waals surface area contributed by atoms with Crippen molar-refractivity contribution in [2.24, 2.45) is 0 Å². The van der Waals surface area contributed by atoms with Gasteiger partial charge >= 0.3 is 5.63 Å². The third-order valence-corrected chi connectivity index (χ3v) is 7.99. The normalized spacial score (nSPS) is 14.8. The average molecular weight is 497 g/mol. The minimum absolute atomic E-state index is 0.0929. The summed E-state index contributed by atoms with van der Waals surface area (Å²) in [7, 11) is 0. The Bertz CT molecular complexity index is 1680. The molecular formula is C28H20N2O3S2. The summed E-state index contributed by atoms with van der Waals surface area (Å²) in [5.41, 5.74) is 2.46. The van der Waals surface area contributed by atoms with Crippen LogP contribution in [-0.2, 0) is 0 Å². The highest BCUT2D eigenvalue weighted by Crippen LogP contribution is 2.47. The molecule has 0 atom stereocenters. The summed E-state index contributed by atoms with van der Waals surface area (Å²) in [6.45, 7) is 2.86. The van der Waals surface area contributed by atoms with E-state index in [9.17, 15) is 9.90 Å². The molecule has 6 rings (SSSR count). The number of hydrogen-bond donors (Lipinski definition) is 1. The lowest BCUT2D eigenvalue weighted by Crippen LogP contribution is -2.17. The van der Waals surface area contributed by atoms with E-state index >= 15 is 0 Å². The van der Waals surface area contributed by atoms with E-state index in [1.54, 1.807) is 30.0 Å². The van der Waals surface area contributed by atoms with E-state index < -0.39 is 5.63 Å². The smallest absolute Gasteiger partial charge is 0.347 e. The zero-order valence-corrected chi connectivity index (χ0v) is 20.4. The first-order valence-corrected chi connectivity index (χ1v) is 12.8. The molecule has 0 spiro atoms. The number of aromatic hydroxyl groups is 1. The van der Waals surface area contributed by atoms with Gasteiger partial charge in [0.1, 0.15) is 21.9 Å². The number of nitrogens with zero attached hydrogens (tertiary/aromatic N) is 2. The molecule has 172 valence electrons. The van der Waals surface area contributed by atoms with Gasteiger partial charge in [0, 0.05) is 11.4 Å². The summed E-state index contributed by atoms with van der Waals surface area (Å²) < 4.78 is 6.66. The molecule has 5 aromatic rings. The molecule has 0 saturated carbocycles. The first-order valence-electron chi connectivity index (χ1n) is 11.2. The van der Waals surface area contributed by atoms with Crippen LogP contribution in [0.1, 0.15) is 17.5 Å². The predicted octanol–water partition coefficient (Wildman–Crippen LogP) is 7.12. The molecule has 1 aliphatic heterocycles. The Morgan fingerprint density at radius 1 is 1.06 bits per heavy atom. The van der Waals surface area contributed by atoms with E-state index in [2.05, 4.69) is 24.0 Å². The number of thiazole rings is 1. The van der Waals surface area contributed by atoms with E-state index in [4.69, 9.17) is 9.40 Å². The molecule has 0 aliphatic carbocycles. The molecule has 1 aliphatic rings. The lowest BCUT2D eigenvalue weighted by Gasteiger charge is -2.18. The molecule has 2 aromatic heterocycles. The molecule has 0 radical (unpaired) electrons. The van der Waals surface area contributed by atoms with E-state index in [1.165, 1.54) is 11.3 Å². The minimum atomic E-state index is -0.589. The van der Waals surface area contributed by atoms with Crippen LogP contribution in [0.25, 0.3) is 32.8 Å². The van der Waals surface area contributed by atoms with E-state index in [0.29, 0.717) is 16.5 Å². The molecule has 5 nitrogen and oxygen atoms in total. The van der Waals surface area contributed by atoms with Gasteiger partial charge in [-0.05, 0) is 61.0 Å². The van der Waals surface area contributed by atoms with Crippen molar-refractivity contribution in [3.63, 3.8) is 0 Å². The van der Waals surface area contributed by atoms with Crippen molar-refractivity contribution in [2.75, 3.05) is 11.4 Å². The van der Waals surface area contributed by atoms with Crippen LogP contribution in [0.4, 0.5) is 5.69 Å². The fourth-order valence-electron chi connectivity index (χ4n) is 4.28. The van der Waals surface area contributed by atoms with Crippen LogP contribution in [0.5, 0.6) is 5.75 Å². The molecule has 0 fully saturated rings. The summed E-state index contributed by atoms with van der Waals surface area (Å²) >= 11 is 3.17. The van der Waals surface area contributed by atoms with Gasteiger partial charge in [-0.2, -0.15) is 0 Å². The average Bonchev–Trinajstić information content (AvgIpc) is 3.43. The van der Waals surface area contributed by atoms with Crippen molar-refractivity contribution in [3.05, 3.63) is 105 Å². The molecule has 7 heteroatoms. The van der Waals surface area contributed by atoms with Crippen molar-refractivity contribution in [1.82, 2.24) is 4.98 Å². The standard InChI is InChI=1S/C28H20N2O3S2/c1-2-30-20-11-5-8-14-23(20)35-25(30)16-17(15-24-29-19-10-4-7-13-22(19)34-24)26-27(31)18-9-3-6-12-21(18)33-28(26)32/h3-16,31H,2H2,1H3/b17-15-,25-16?. The van der Waals surface area contributed by atoms with Crippen molar-refractivity contribution >= 4 is 61.6 Å². The summed E-state index contributed by atoms with van der Waals surface area (Å²) in [5.74, 6) is -0.0929. The Morgan fingerprint density at radius 2 is 1.83 bits per heavy atom. The van der Waals surface area contributed by atoms with Gasteiger partial charge in [-0.25, -0.2) is 9.78 Å². The monoisotopic (exact) mass is 496 g/mol. The number of rotatable bonds is 4. The highest BCUT2D eigenvalue weighted by atomic mass is 32.2. The second-order valence-electron chi connectivity index (χ2n) is 8.03. The molecule has 0 bridgehead atoms. The first-order chi connectivity index (χ1) is 17.1. The van der Waals surface area contributed by atoms with E-state index in [0.717, 1.165) is 37.4 Å². The second kappa shape index (κ2) is 8.76. The third kappa shape index (κ3) is 3.83. The Hall–Kier alpha value is -3.81. The van der Waals surface area contributed by atoms with Gasteiger partial charge in [-0.3, -0.25) is 0 Å². The maximum absolute atomic E-state index is 13.2. The number of fused-ring (bicyclic) bond motifs is 3. The highest BCUT2D eigenvalue weighted by molar-refractivity contribution is 8.03. The van der Waals surface area contributed by atoms with Crippen molar-refractivity contribution < 1.29 is 9.52 Å². The van der Waals surface area contributed by atoms with Crippen LogP contribution in [0.2, 0.25) is 0 Å².